The highest BCUT2D eigenvalue weighted by atomic mass is 19.1. The first-order valence-corrected chi connectivity index (χ1v) is 9.63. The number of benzene rings is 2. The number of fused-ring (bicyclic) bond motifs is 1. The van der Waals surface area contributed by atoms with Crippen molar-refractivity contribution in [2.45, 2.75) is 26.4 Å². The standard InChI is InChI=1S/C22H19F2N5O2/c1-14(2)29(20-10-8-16(23)11-18(20)24)22(31)27-13-25-28(21(27)30)12-17-9-7-15-5-3-4-6-19(15)26-17/h3-11,13-14H,12H2,1-2H3. The van der Waals surface area contributed by atoms with Gasteiger partial charge in [0.15, 0.2) is 0 Å². The van der Waals surface area contributed by atoms with Crippen LogP contribution in [-0.4, -0.2) is 31.4 Å². The summed E-state index contributed by atoms with van der Waals surface area (Å²) in [6, 6.07) is 12.9. The number of hydrogen-bond acceptors (Lipinski definition) is 4. The van der Waals surface area contributed by atoms with Crippen LogP contribution < -0.4 is 10.6 Å². The van der Waals surface area contributed by atoms with Crippen LogP contribution in [-0.2, 0) is 6.54 Å². The molecule has 0 aliphatic carbocycles. The van der Waals surface area contributed by atoms with E-state index in [1.165, 1.54) is 0 Å². The number of pyridine rings is 1. The molecule has 4 rings (SSSR count). The molecule has 2 aromatic carbocycles. The molecule has 0 saturated heterocycles. The molecule has 1 amide bonds. The molecule has 2 aromatic heterocycles. The molecule has 0 aliphatic rings. The van der Waals surface area contributed by atoms with Crippen LogP contribution in [0.1, 0.15) is 19.5 Å². The highest BCUT2D eigenvalue weighted by Crippen LogP contribution is 2.23. The summed E-state index contributed by atoms with van der Waals surface area (Å²) in [4.78, 5) is 31.4. The van der Waals surface area contributed by atoms with E-state index in [4.69, 9.17) is 0 Å². The van der Waals surface area contributed by atoms with Crippen molar-refractivity contribution in [3.63, 3.8) is 0 Å². The minimum absolute atomic E-state index is 0.0660. The van der Waals surface area contributed by atoms with Crippen LogP contribution in [0.4, 0.5) is 19.3 Å². The zero-order valence-electron chi connectivity index (χ0n) is 16.9. The lowest BCUT2D eigenvalue weighted by Gasteiger charge is -2.26. The van der Waals surface area contributed by atoms with Crippen LogP contribution >= 0.6 is 0 Å². The maximum absolute atomic E-state index is 14.3. The largest absolute Gasteiger partial charge is 0.354 e. The minimum Gasteiger partial charge on any atom is -0.288 e. The molecule has 0 N–H and O–H groups in total. The quantitative estimate of drug-likeness (QED) is 0.501. The Kier molecular flexibility index (Phi) is 5.33. The summed E-state index contributed by atoms with van der Waals surface area (Å²) < 4.78 is 29.5. The summed E-state index contributed by atoms with van der Waals surface area (Å²) in [6.07, 6.45) is 1.09. The van der Waals surface area contributed by atoms with E-state index in [1.54, 1.807) is 19.9 Å². The summed E-state index contributed by atoms with van der Waals surface area (Å²) in [5, 5.41) is 4.98. The fraction of sp³-hybridized carbons (Fsp3) is 0.182. The number of amides is 1. The number of hydrogen-bond donors (Lipinski definition) is 0. The molecular formula is C22H19F2N5O2. The Balaban J connectivity index is 1.65. The normalized spacial score (nSPS) is 11.3. The molecule has 0 aliphatic heterocycles. The molecule has 0 fully saturated rings. The Bertz CT molecular complexity index is 1330. The van der Waals surface area contributed by atoms with E-state index >= 15 is 0 Å². The van der Waals surface area contributed by atoms with Crippen molar-refractivity contribution in [3.8, 4) is 0 Å². The highest BCUT2D eigenvalue weighted by molar-refractivity contribution is 5.94. The van der Waals surface area contributed by atoms with E-state index in [0.29, 0.717) is 11.8 Å². The van der Waals surface area contributed by atoms with E-state index in [0.717, 1.165) is 43.5 Å². The van der Waals surface area contributed by atoms with Crippen LogP contribution in [0.5, 0.6) is 0 Å². The summed E-state index contributed by atoms with van der Waals surface area (Å²) in [7, 11) is 0. The molecule has 0 saturated carbocycles. The topological polar surface area (TPSA) is 73.0 Å². The molecule has 0 spiro atoms. The van der Waals surface area contributed by atoms with Crippen LogP contribution in [0, 0.1) is 11.6 Å². The Morgan fingerprint density at radius 3 is 2.61 bits per heavy atom. The van der Waals surface area contributed by atoms with Crippen molar-refractivity contribution in [2.75, 3.05) is 4.90 Å². The monoisotopic (exact) mass is 423 g/mol. The number of halogens is 2. The van der Waals surface area contributed by atoms with Gasteiger partial charge in [0, 0.05) is 17.5 Å². The molecule has 31 heavy (non-hydrogen) atoms. The number of carbonyl (C=O) groups excluding carboxylic acids is 1. The van der Waals surface area contributed by atoms with Gasteiger partial charge in [-0.05, 0) is 38.1 Å². The number of aromatic nitrogens is 4. The van der Waals surface area contributed by atoms with Crippen molar-refractivity contribution < 1.29 is 13.6 Å². The number of rotatable bonds is 4. The second-order valence-corrected chi connectivity index (χ2v) is 7.28. The van der Waals surface area contributed by atoms with E-state index in [9.17, 15) is 18.4 Å². The lowest BCUT2D eigenvalue weighted by Crippen LogP contribution is -2.44. The van der Waals surface area contributed by atoms with Gasteiger partial charge in [-0.3, -0.25) is 9.88 Å². The number of para-hydroxylation sites is 1. The van der Waals surface area contributed by atoms with Crippen molar-refractivity contribution in [1.29, 1.82) is 0 Å². The first-order valence-electron chi connectivity index (χ1n) is 9.63. The Morgan fingerprint density at radius 1 is 1.10 bits per heavy atom. The smallest absolute Gasteiger partial charge is 0.288 e. The van der Waals surface area contributed by atoms with Crippen molar-refractivity contribution >= 4 is 22.6 Å². The summed E-state index contributed by atoms with van der Waals surface area (Å²) in [6.45, 7) is 3.39. The number of nitrogens with zero attached hydrogens (tertiary/aromatic N) is 5. The van der Waals surface area contributed by atoms with Crippen molar-refractivity contribution in [3.05, 3.63) is 88.7 Å². The van der Waals surface area contributed by atoms with E-state index < -0.39 is 29.4 Å². The van der Waals surface area contributed by atoms with Gasteiger partial charge in [0.05, 0.1) is 23.4 Å². The molecule has 0 atom stereocenters. The van der Waals surface area contributed by atoms with Gasteiger partial charge in [0.2, 0.25) is 0 Å². The molecule has 7 nitrogen and oxygen atoms in total. The van der Waals surface area contributed by atoms with Crippen molar-refractivity contribution in [1.82, 2.24) is 19.3 Å². The van der Waals surface area contributed by atoms with Gasteiger partial charge in [-0.25, -0.2) is 23.1 Å². The fourth-order valence-electron chi connectivity index (χ4n) is 3.32. The lowest BCUT2D eigenvalue weighted by atomic mass is 10.2. The highest BCUT2D eigenvalue weighted by Gasteiger charge is 2.26. The van der Waals surface area contributed by atoms with Crippen LogP contribution in [0.2, 0.25) is 0 Å². The van der Waals surface area contributed by atoms with Gasteiger partial charge in [-0.15, -0.1) is 0 Å². The molecule has 2 heterocycles. The molecule has 0 bridgehead atoms. The van der Waals surface area contributed by atoms with Gasteiger partial charge >= 0.3 is 11.7 Å². The van der Waals surface area contributed by atoms with Gasteiger partial charge in [0.25, 0.3) is 0 Å². The van der Waals surface area contributed by atoms with Crippen LogP contribution in [0.25, 0.3) is 10.9 Å². The Morgan fingerprint density at radius 2 is 1.87 bits per heavy atom. The summed E-state index contributed by atoms with van der Waals surface area (Å²) in [5.74, 6) is -1.66. The van der Waals surface area contributed by atoms with E-state index in [-0.39, 0.29) is 12.2 Å². The maximum atomic E-state index is 14.3. The predicted molar refractivity (Wildman–Crippen MR) is 112 cm³/mol. The second kappa shape index (κ2) is 8.10. The molecular weight excluding hydrogens is 404 g/mol. The van der Waals surface area contributed by atoms with Gasteiger partial charge in [0.1, 0.15) is 18.0 Å². The van der Waals surface area contributed by atoms with Crippen molar-refractivity contribution in [2.24, 2.45) is 0 Å². The Hall–Kier alpha value is -3.88. The lowest BCUT2D eigenvalue weighted by molar-refractivity contribution is 0.245. The molecule has 9 heteroatoms. The number of anilines is 1. The minimum atomic E-state index is -0.900. The maximum Gasteiger partial charge on any atom is 0.354 e. The van der Waals surface area contributed by atoms with Crippen LogP contribution in [0.3, 0.4) is 0 Å². The van der Waals surface area contributed by atoms with Gasteiger partial charge in [-0.2, -0.15) is 9.67 Å². The zero-order valence-corrected chi connectivity index (χ0v) is 16.9. The van der Waals surface area contributed by atoms with E-state index in [1.807, 2.05) is 30.3 Å². The summed E-state index contributed by atoms with van der Waals surface area (Å²) >= 11 is 0. The average Bonchev–Trinajstić information content (AvgIpc) is 3.09. The molecule has 158 valence electrons. The zero-order chi connectivity index (χ0) is 22.1. The van der Waals surface area contributed by atoms with E-state index in [2.05, 4.69) is 10.1 Å². The molecule has 4 aromatic rings. The predicted octanol–water partition coefficient (Wildman–Crippen LogP) is 3.80. The SMILES string of the molecule is CC(C)N(C(=O)n1cnn(Cc2ccc3ccccc3n2)c1=O)c1ccc(F)cc1F. The first kappa shape index (κ1) is 20.4. The summed E-state index contributed by atoms with van der Waals surface area (Å²) in [5.41, 5.74) is 0.565. The third kappa shape index (κ3) is 3.94. The number of carbonyl (C=O) groups is 1. The third-order valence-corrected chi connectivity index (χ3v) is 4.80. The van der Waals surface area contributed by atoms with Gasteiger partial charge < -0.3 is 0 Å². The third-order valence-electron chi connectivity index (χ3n) is 4.80. The molecule has 0 unspecified atom stereocenters. The molecule has 0 radical (unpaired) electrons. The fourth-order valence-corrected chi connectivity index (χ4v) is 3.32. The first-order chi connectivity index (χ1) is 14.8. The van der Waals surface area contributed by atoms with Crippen LogP contribution in [0.15, 0.2) is 65.7 Å². The van der Waals surface area contributed by atoms with Gasteiger partial charge in [-0.1, -0.05) is 24.3 Å². The second-order valence-electron chi connectivity index (χ2n) is 7.28. The Labute approximate surface area is 176 Å². The average molecular weight is 423 g/mol.